The van der Waals surface area contributed by atoms with Crippen LogP contribution in [0.2, 0.25) is 0 Å². The molecule has 6 nitrogen and oxygen atoms in total. The van der Waals surface area contributed by atoms with E-state index in [1.165, 1.54) is 87.6 Å². The molecule has 590 valence electrons. The molecule has 0 N–H and O–H groups in total. The van der Waals surface area contributed by atoms with Crippen LogP contribution in [0.4, 0.5) is 0 Å². The zero-order valence-electron chi connectivity index (χ0n) is 73.8. The molecule has 0 radical (unpaired) electrons. The third kappa shape index (κ3) is 13.3. The van der Waals surface area contributed by atoms with Crippen molar-refractivity contribution >= 4 is 87.2 Å². The molecule has 0 fully saturated rings. The van der Waals surface area contributed by atoms with E-state index in [1.54, 1.807) is 0 Å². The Morgan fingerprint density at radius 3 is 0.415 bits per heavy atom. The fourth-order valence-electron chi connectivity index (χ4n) is 18.2. The molecule has 0 aliphatic carbocycles. The van der Waals surface area contributed by atoms with E-state index in [0.717, 1.165) is 89.1 Å². The highest BCUT2D eigenvalue weighted by atomic mass is 15.0. The third-order valence-corrected chi connectivity index (χ3v) is 25.4. The lowest BCUT2D eigenvalue weighted by Gasteiger charge is -2.24. The molecule has 0 amide bonds. The van der Waals surface area contributed by atoms with Gasteiger partial charge in [0, 0.05) is 88.1 Å². The lowest BCUT2D eigenvalue weighted by atomic mass is 9.78. The number of benzene rings is 13. The van der Waals surface area contributed by atoms with Gasteiger partial charge in [0.2, 0.25) is 0 Å². The second-order valence-corrected chi connectivity index (χ2v) is 41.9. The summed E-state index contributed by atoms with van der Waals surface area (Å²) in [6, 6.07) is 97.0. The zero-order chi connectivity index (χ0) is 83.9. The van der Waals surface area contributed by atoms with E-state index in [1.807, 2.05) is 0 Å². The molecular formula is C112H112N6. The number of rotatable bonds is 8. The Morgan fingerprint density at radius 2 is 0.305 bits per heavy atom. The van der Waals surface area contributed by atoms with E-state index in [0.29, 0.717) is 33.4 Å². The second kappa shape index (κ2) is 27.3. The molecule has 4 aromatic heterocycles. The van der Waals surface area contributed by atoms with Crippen LogP contribution in [0.5, 0.6) is 0 Å². The average Bonchev–Trinajstić information content (AvgIpc) is 0.949. The van der Waals surface area contributed by atoms with Crippen molar-refractivity contribution < 1.29 is 0 Å². The van der Waals surface area contributed by atoms with Crippen LogP contribution in [0.3, 0.4) is 0 Å². The number of aromatic nitrogens is 4. The molecule has 0 aliphatic heterocycles. The molecule has 0 spiro atoms. The van der Waals surface area contributed by atoms with E-state index in [4.69, 9.17) is 0 Å². The van der Waals surface area contributed by atoms with Gasteiger partial charge in [0.1, 0.15) is 12.1 Å². The molecule has 0 saturated heterocycles. The highest BCUT2D eigenvalue weighted by Gasteiger charge is 2.32. The summed E-state index contributed by atoms with van der Waals surface area (Å²) in [5, 5.41) is 35.3. The highest BCUT2D eigenvalue weighted by Crippen LogP contribution is 2.52. The summed E-state index contributed by atoms with van der Waals surface area (Å²) in [6.07, 6.45) is 0. The molecule has 0 atom stereocenters. The minimum atomic E-state index is -0.0656. The number of fused-ring (bicyclic) bond motifs is 12. The van der Waals surface area contributed by atoms with E-state index in [9.17, 15) is 10.5 Å². The molecule has 6 heteroatoms. The van der Waals surface area contributed by atoms with Gasteiger partial charge >= 0.3 is 0 Å². The maximum Gasteiger partial charge on any atom is 0.100 e. The molecule has 0 saturated carbocycles. The molecular weight excluding hydrogens is 1430 g/mol. The topological polar surface area (TPSA) is 67.3 Å². The molecule has 0 aliphatic rings. The van der Waals surface area contributed by atoms with Crippen molar-refractivity contribution in [3.63, 3.8) is 0 Å². The van der Waals surface area contributed by atoms with Crippen molar-refractivity contribution in [1.82, 2.24) is 18.3 Å². The number of nitriles is 2. The quantitative estimate of drug-likeness (QED) is 0.152. The van der Waals surface area contributed by atoms with Crippen molar-refractivity contribution in [2.75, 3.05) is 0 Å². The van der Waals surface area contributed by atoms with E-state index in [-0.39, 0.29) is 43.3 Å². The van der Waals surface area contributed by atoms with Gasteiger partial charge in [-0.05, 0) is 256 Å². The van der Waals surface area contributed by atoms with Crippen LogP contribution in [0.1, 0.15) is 222 Å². The Kier molecular flexibility index (Phi) is 18.2. The van der Waals surface area contributed by atoms with E-state index < -0.39 is 0 Å². The number of hydrogen-bond donors (Lipinski definition) is 0. The van der Waals surface area contributed by atoms with Crippen LogP contribution < -0.4 is 0 Å². The first kappa shape index (κ1) is 78.6. The maximum absolute atomic E-state index is 12.8. The molecule has 13 aromatic carbocycles. The van der Waals surface area contributed by atoms with Crippen molar-refractivity contribution in [3.05, 3.63) is 298 Å². The fraction of sp³-hybridized carbons (Fsp3) is 0.286. The smallest absolute Gasteiger partial charge is 0.100 e. The van der Waals surface area contributed by atoms with Crippen LogP contribution in [-0.4, -0.2) is 18.3 Å². The van der Waals surface area contributed by atoms with Crippen LogP contribution >= 0.6 is 0 Å². The summed E-state index contributed by atoms with van der Waals surface area (Å²) in [4.78, 5) is 0. The minimum Gasteiger partial charge on any atom is -0.309 e. The predicted octanol–water partition coefficient (Wildman–Crippen LogP) is 30.9. The number of nitrogens with zero attached hydrogens (tertiary/aromatic N) is 6. The van der Waals surface area contributed by atoms with Crippen molar-refractivity contribution in [1.29, 1.82) is 10.5 Å². The second-order valence-electron chi connectivity index (χ2n) is 41.9. The summed E-state index contributed by atoms with van der Waals surface area (Å²) in [5.74, 6) is 0. The number of hydrogen-bond acceptors (Lipinski definition) is 2. The molecule has 17 aromatic rings. The molecule has 118 heavy (non-hydrogen) atoms. The first-order valence-corrected chi connectivity index (χ1v) is 42.3. The Morgan fingerprint density at radius 1 is 0.178 bits per heavy atom. The third-order valence-electron chi connectivity index (χ3n) is 25.4. The normalized spacial score (nSPS) is 13.1. The Bertz CT molecular complexity index is 5940. The molecule has 4 heterocycles. The first-order chi connectivity index (χ1) is 55.5. The first-order valence-electron chi connectivity index (χ1n) is 42.3. The minimum absolute atomic E-state index is 0.0656. The maximum atomic E-state index is 12.8. The Balaban J connectivity index is 0.936. The standard InChI is InChI=1S/C112H112N6/c1-105(2,3)71-33-49-93-83(57-71)84-58-72(106(4,5)6)34-50-94(84)115(93)79-41-25-67(26-42-79)101-91(65-113)103(69-29-45-81(46-30-69)117-97-53-37-75(109(13,14)15)61-87(97)88-62-76(110(16,17)18)38-54-98(88)117)104(70-31-47-82(48-32-70)118-99-55-39-77(111(19,20)21)63-89(99)90-64-78(112(22,23)24)40-56-100(90)118)92(66-114)102(101)68-27-43-80(44-28-68)116-95-51-35-73(107(7,8)9)59-85(95)86-60-74(108(10,11)12)36-52-96(86)116/h25-64H,1-24H3. The average molecular weight is 1540 g/mol. The summed E-state index contributed by atoms with van der Waals surface area (Å²) in [7, 11) is 0. The van der Waals surface area contributed by atoms with Gasteiger partial charge in [-0.1, -0.05) is 263 Å². The van der Waals surface area contributed by atoms with Gasteiger partial charge in [-0.15, -0.1) is 0 Å². The van der Waals surface area contributed by atoms with Crippen molar-refractivity contribution in [3.8, 4) is 79.4 Å². The monoisotopic (exact) mass is 1540 g/mol. The van der Waals surface area contributed by atoms with Crippen LogP contribution in [0.15, 0.2) is 243 Å². The molecule has 0 unspecified atom stereocenters. The lowest BCUT2D eigenvalue weighted by Crippen LogP contribution is -2.10. The van der Waals surface area contributed by atoms with Gasteiger partial charge in [0.25, 0.3) is 0 Å². The zero-order valence-corrected chi connectivity index (χ0v) is 73.8. The summed E-state index contributed by atoms with van der Waals surface area (Å²) in [5.41, 5.74) is 29.6. The highest BCUT2D eigenvalue weighted by molar-refractivity contribution is 6.14. The Hall–Kier alpha value is -12.0. The summed E-state index contributed by atoms with van der Waals surface area (Å²) in [6.45, 7) is 54.9. The lowest BCUT2D eigenvalue weighted by molar-refractivity contribution is 0.590. The fourth-order valence-corrected chi connectivity index (χ4v) is 18.2. The van der Waals surface area contributed by atoms with E-state index >= 15 is 0 Å². The summed E-state index contributed by atoms with van der Waals surface area (Å²) >= 11 is 0. The van der Waals surface area contributed by atoms with Gasteiger partial charge in [-0.3, -0.25) is 0 Å². The van der Waals surface area contributed by atoms with Crippen LogP contribution in [0, 0.1) is 22.7 Å². The predicted molar refractivity (Wildman–Crippen MR) is 505 cm³/mol. The van der Waals surface area contributed by atoms with Gasteiger partial charge in [0.05, 0.1) is 55.3 Å². The largest absolute Gasteiger partial charge is 0.309 e. The summed E-state index contributed by atoms with van der Waals surface area (Å²) < 4.78 is 9.60. The van der Waals surface area contributed by atoms with Crippen LogP contribution in [-0.2, 0) is 43.3 Å². The van der Waals surface area contributed by atoms with Crippen LogP contribution in [0.25, 0.3) is 154 Å². The molecule has 0 bridgehead atoms. The van der Waals surface area contributed by atoms with Crippen molar-refractivity contribution in [2.24, 2.45) is 0 Å². The Labute approximate surface area is 698 Å². The molecule has 17 rings (SSSR count). The van der Waals surface area contributed by atoms with Crippen molar-refractivity contribution in [2.45, 2.75) is 209 Å². The van der Waals surface area contributed by atoms with Gasteiger partial charge in [0.15, 0.2) is 0 Å². The SMILES string of the molecule is CC(C)(C)c1ccc2c(c1)c1cc(C(C)(C)C)ccc1n2-c1ccc(-c2c(C#N)c(-c3ccc(-n4c5ccc(C(C)(C)C)cc5c5cc(C(C)(C)C)ccc54)cc3)c(-c3ccc(-n4c5ccc(C(C)(C)C)cc5c5cc(C(C)(C)C)ccc54)cc3)c(C#N)c2-c2ccc(-n3c4ccc(C(C)(C)C)cc4c4cc(C(C)(C)C)ccc43)cc2)cc1. The van der Waals surface area contributed by atoms with Gasteiger partial charge in [-0.25, -0.2) is 0 Å². The van der Waals surface area contributed by atoms with E-state index in [2.05, 4.69) is 439 Å². The van der Waals surface area contributed by atoms with Gasteiger partial charge < -0.3 is 18.3 Å². The van der Waals surface area contributed by atoms with Gasteiger partial charge in [-0.2, -0.15) is 10.5 Å².